The van der Waals surface area contributed by atoms with E-state index >= 15 is 0 Å². The van der Waals surface area contributed by atoms with E-state index in [9.17, 15) is 33.9 Å². The predicted molar refractivity (Wildman–Crippen MR) is 144 cm³/mol. The number of ether oxygens (including phenoxy) is 2. The first-order valence-corrected chi connectivity index (χ1v) is 15.8. The third-order valence-electron chi connectivity index (χ3n) is 6.81. The number of carbonyl (C=O) groups is 1. The molecule has 3 aromatic rings. The Morgan fingerprint density at radius 1 is 1.09 bits per heavy atom. The molecule has 0 aromatic carbocycles. The highest BCUT2D eigenvalue weighted by atomic mass is 31.3. The van der Waals surface area contributed by atoms with Gasteiger partial charge in [0.25, 0.3) is 12.1 Å². The predicted octanol–water partition coefficient (Wildman–Crippen LogP) is -2.44. The van der Waals surface area contributed by atoms with Crippen LogP contribution in [0.1, 0.15) is 29.2 Å². The average Bonchev–Trinajstić information content (AvgIpc) is 3.61. The summed E-state index contributed by atoms with van der Waals surface area (Å²) in [4.78, 5) is 43.6. The fourth-order valence-corrected chi connectivity index (χ4v) is 6.77. The second-order valence-corrected chi connectivity index (χ2v) is 12.9. The van der Waals surface area contributed by atoms with Crippen molar-refractivity contribution in [3.8, 4) is 0 Å². The number of aromatic nitrogens is 5. The molecule has 0 bridgehead atoms. The first-order valence-electron chi connectivity index (χ1n) is 12.8. The number of fused-ring (bicyclic) bond motifs is 1. The zero-order chi connectivity index (χ0) is 32.0. The molecule has 5 rings (SSSR count). The molecular weight excluding hydrogens is 632 g/mol. The van der Waals surface area contributed by atoms with Crippen molar-refractivity contribution in [3.05, 3.63) is 36.4 Å². The van der Waals surface area contributed by atoms with Crippen LogP contribution in [0.3, 0.4) is 0 Å². The van der Waals surface area contributed by atoms with E-state index in [1.54, 1.807) is 0 Å². The second kappa shape index (κ2) is 12.3. The highest BCUT2D eigenvalue weighted by Gasteiger charge is 2.49. The van der Waals surface area contributed by atoms with Crippen molar-refractivity contribution < 1.29 is 61.3 Å². The molecule has 0 saturated carbocycles. The number of imidazole rings is 1. The standard InChI is InChI=1S/C21H29N9O12P2/c22-10-4-13(30-8-26-14-17(23)27-21(25)28-19(14)30)40-11(10)6-38-43(34,35)42-44(36,37)39-7-12-15(31)16(32)20(41-12)29-3-1-2-9(5-29)18(24)33/h1-3,5,8,10-13,15-16,20,31-32H,4,6-7,22H2,(H7-,23,24,25,27,28,33,34,35,36,37)/p+1/t10-,11+,12+,13+,15+,16+,20+/m0/s1. The summed E-state index contributed by atoms with van der Waals surface area (Å²) in [5, 5.41) is 20.7. The van der Waals surface area contributed by atoms with Gasteiger partial charge in [-0.05, 0) is 6.07 Å². The van der Waals surface area contributed by atoms with Gasteiger partial charge in [0.1, 0.15) is 29.5 Å². The van der Waals surface area contributed by atoms with E-state index in [-0.39, 0.29) is 34.9 Å². The number of rotatable bonds is 11. The van der Waals surface area contributed by atoms with Crippen LogP contribution in [0.2, 0.25) is 0 Å². The number of aliphatic hydroxyl groups excluding tert-OH is 2. The van der Waals surface area contributed by atoms with Crippen LogP contribution in [0.5, 0.6) is 0 Å². The van der Waals surface area contributed by atoms with Gasteiger partial charge in [0.15, 0.2) is 30.0 Å². The van der Waals surface area contributed by atoms with Crippen molar-refractivity contribution in [1.29, 1.82) is 0 Å². The Labute approximate surface area is 247 Å². The van der Waals surface area contributed by atoms with Crippen molar-refractivity contribution in [3.63, 3.8) is 0 Å². The van der Waals surface area contributed by atoms with Gasteiger partial charge >= 0.3 is 15.6 Å². The highest BCUT2D eigenvalue weighted by Crippen LogP contribution is 2.60. The molecule has 21 nitrogen and oxygen atoms in total. The first-order chi connectivity index (χ1) is 20.6. The van der Waals surface area contributed by atoms with Crippen LogP contribution < -0.4 is 27.5 Å². The number of hydrogen-bond acceptors (Lipinski definition) is 16. The van der Waals surface area contributed by atoms with Crippen LogP contribution in [-0.4, -0.2) is 89.1 Å². The molecule has 1 amide bonds. The Morgan fingerprint density at radius 2 is 1.77 bits per heavy atom. The van der Waals surface area contributed by atoms with Crippen molar-refractivity contribution >= 4 is 44.5 Å². The highest BCUT2D eigenvalue weighted by molar-refractivity contribution is 7.61. The lowest BCUT2D eigenvalue weighted by Crippen LogP contribution is -2.46. The van der Waals surface area contributed by atoms with Gasteiger partial charge in [-0.25, -0.2) is 14.1 Å². The van der Waals surface area contributed by atoms with Crippen molar-refractivity contribution in [2.45, 2.75) is 49.3 Å². The SMILES string of the molecule is NC(=O)c1ccc[n+]([C@@H]2O[C@H](COP(=O)(O)OP(=O)(O)OC[C@H]3O[C@@H](n4cnc5c(N)nc(N)nc54)C[C@@H]3N)[C@@H](O)[C@H]2O)c1. The first kappa shape index (κ1) is 32.2. The van der Waals surface area contributed by atoms with Gasteiger partial charge in [0.05, 0.1) is 25.6 Å². The minimum absolute atomic E-state index is 0.0568. The van der Waals surface area contributed by atoms with Crippen LogP contribution >= 0.6 is 15.6 Å². The molecule has 0 aliphatic carbocycles. The summed E-state index contributed by atoms with van der Waals surface area (Å²) in [6, 6.07) is 2.15. The summed E-state index contributed by atoms with van der Waals surface area (Å²) in [7, 11) is -10.5. The fraction of sp³-hybridized carbons (Fsp3) is 0.476. The number of nitrogen functional groups attached to an aromatic ring is 2. The van der Waals surface area contributed by atoms with Crippen LogP contribution in [0.15, 0.2) is 30.9 Å². The zero-order valence-corrected chi connectivity index (χ0v) is 24.3. The Hall–Kier alpha value is -3.17. The summed E-state index contributed by atoms with van der Waals surface area (Å²) < 4.78 is 52.9. The number of pyridine rings is 1. The molecule has 240 valence electrons. The Bertz CT molecular complexity index is 1640. The second-order valence-electron chi connectivity index (χ2n) is 9.88. The molecule has 2 saturated heterocycles. The molecule has 12 N–H and O–H groups in total. The van der Waals surface area contributed by atoms with Gasteiger partial charge in [0, 0.05) is 18.5 Å². The number of phosphoric ester groups is 2. The molecule has 44 heavy (non-hydrogen) atoms. The molecule has 3 aromatic heterocycles. The lowest BCUT2D eigenvalue weighted by atomic mass is 10.1. The molecule has 0 radical (unpaired) electrons. The van der Waals surface area contributed by atoms with E-state index in [2.05, 4.69) is 19.3 Å². The number of primary amides is 1. The molecule has 5 heterocycles. The van der Waals surface area contributed by atoms with E-state index in [1.807, 2.05) is 0 Å². The maximum Gasteiger partial charge on any atom is 0.481 e. The summed E-state index contributed by atoms with van der Waals surface area (Å²) in [6.45, 7) is -1.48. The van der Waals surface area contributed by atoms with Crippen molar-refractivity contribution in [1.82, 2.24) is 19.5 Å². The Balaban J connectivity index is 1.15. The lowest BCUT2D eigenvalue weighted by molar-refractivity contribution is -0.765. The third kappa shape index (κ3) is 6.89. The van der Waals surface area contributed by atoms with Gasteiger partial charge in [0.2, 0.25) is 5.95 Å². The van der Waals surface area contributed by atoms with E-state index in [0.29, 0.717) is 0 Å². The van der Waals surface area contributed by atoms with E-state index < -0.39 is 77.7 Å². The van der Waals surface area contributed by atoms with E-state index in [4.69, 9.17) is 41.5 Å². The monoisotopic (exact) mass is 662 g/mol. The van der Waals surface area contributed by atoms with Gasteiger partial charge in [-0.3, -0.25) is 18.4 Å². The minimum Gasteiger partial charge on any atom is -0.387 e. The van der Waals surface area contributed by atoms with Crippen LogP contribution in [0, 0.1) is 0 Å². The van der Waals surface area contributed by atoms with E-state index in [0.717, 1.165) is 0 Å². The number of phosphoric acid groups is 2. The minimum atomic E-state index is -5.29. The van der Waals surface area contributed by atoms with Gasteiger partial charge in [-0.1, -0.05) is 0 Å². The van der Waals surface area contributed by atoms with Crippen LogP contribution in [0.4, 0.5) is 11.8 Å². The molecule has 9 atom stereocenters. The average molecular weight is 662 g/mol. The smallest absolute Gasteiger partial charge is 0.387 e. The quantitative estimate of drug-likeness (QED) is 0.0780. The topological polar surface area (TPSA) is 330 Å². The maximum atomic E-state index is 12.5. The summed E-state index contributed by atoms with van der Waals surface area (Å²) in [6.07, 6.45) is -3.22. The number of aliphatic hydroxyl groups is 2. The summed E-state index contributed by atoms with van der Waals surface area (Å²) in [5.74, 6) is -0.783. The largest absolute Gasteiger partial charge is 0.481 e. The van der Waals surface area contributed by atoms with Gasteiger partial charge in [-0.15, -0.1) is 0 Å². The molecule has 23 heteroatoms. The lowest BCUT2D eigenvalue weighted by Gasteiger charge is -2.20. The Kier molecular flexibility index (Phi) is 9.02. The van der Waals surface area contributed by atoms with Crippen molar-refractivity contribution in [2.24, 2.45) is 11.5 Å². The summed E-state index contributed by atoms with van der Waals surface area (Å²) >= 11 is 0. The molecule has 0 spiro atoms. The van der Waals surface area contributed by atoms with Gasteiger partial charge < -0.3 is 52.4 Å². The number of amides is 1. The number of hydrogen-bond donors (Lipinski definition) is 8. The molecular formula is C21H30N9O12P2+. The third-order valence-corrected chi connectivity index (χ3v) is 9.41. The van der Waals surface area contributed by atoms with Gasteiger partial charge in [-0.2, -0.15) is 18.8 Å². The molecule has 2 aliphatic rings. The Morgan fingerprint density at radius 3 is 2.45 bits per heavy atom. The number of anilines is 2. The number of nitrogens with two attached hydrogens (primary N) is 4. The van der Waals surface area contributed by atoms with Crippen LogP contribution in [-0.2, 0) is 32.0 Å². The molecule has 2 aliphatic heterocycles. The fourth-order valence-electron chi connectivity index (χ4n) is 4.67. The number of nitrogens with zero attached hydrogens (tertiary/aromatic N) is 5. The maximum absolute atomic E-state index is 12.5. The molecule has 2 unspecified atom stereocenters. The van der Waals surface area contributed by atoms with E-state index in [1.165, 1.54) is 40.0 Å². The molecule has 2 fully saturated rings. The summed E-state index contributed by atoms with van der Waals surface area (Å²) in [5.41, 5.74) is 23.5. The zero-order valence-electron chi connectivity index (χ0n) is 22.5. The van der Waals surface area contributed by atoms with Crippen molar-refractivity contribution in [2.75, 3.05) is 24.7 Å². The van der Waals surface area contributed by atoms with Crippen LogP contribution in [0.25, 0.3) is 11.2 Å². The normalized spacial score (nSPS) is 29.9. The number of carbonyl (C=O) groups excluding carboxylic acids is 1.